The topological polar surface area (TPSA) is 40.5 Å². The Hall–Kier alpha value is -1.35. The number of hydrogen-bond donors (Lipinski definition) is 1. The monoisotopic (exact) mass is 217 g/mol. The van der Waals surface area contributed by atoms with Crippen LogP contribution in [0, 0.1) is 5.92 Å². The van der Waals surface area contributed by atoms with Crippen molar-refractivity contribution in [2.45, 2.75) is 25.4 Å². The van der Waals surface area contributed by atoms with Gasteiger partial charge < -0.3 is 5.11 Å². The number of fused-ring (bicyclic) bond motifs is 1. The molecule has 3 aliphatic rings. The number of rotatable bonds is 3. The van der Waals surface area contributed by atoms with Crippen LogP contribution in [0.5, 0.6) is 0 Å². The van der Waals surface area contributed by atoms with Crippen molar-refractivity contribution in [3.63, 3.8) is 0 Å². The second-order valence-electron chi connectivity index (χ2n) is 4.93. The minimum absolute atomic E-state index is 0.393. The van der Waals surface area contributed by atoms with Crippen LogP contribution in [0.1, 0.15) is 28.8 Å². The molecule has 1 aliphatic carbocycles. The maximum Gasteiger partial charge on any atom is 0.335 e. The van der Waals surface area contributed by atoms with Gasteiger partial charge in [0.25, 0.3) is 0 Å². The summed E-state index contributed by atoms with van der Waals surface area (Å²) < 4.78 is 0. The molecule has 3 fully saturated rings. The molecule has 1 saturated carbocycles. The van der Waals surface area contributed by atoms with Gasteiger partial charge in [0, 0.05) is 19.1 Å². The highest BCUT2D eigenvalue weighted by Gasteiger charge is 2.42. The highest BCUT2D eigenvalue weighted by Crippen LogP contribution is 2.41. The highest BCUT2D eigenvalue weighted by molar-refractivity contribution is 5.87. The average molecular weight is 217 g/mol. The Labute approximate surface area is 94.7 Å². The van der Waals surface area contributed by atoms with E-state index in [2.05, 4.69) is 4.90 Å². The van der Waals surface area contributed by atoms with Crippen LogP contribution in [-0.4, -0.2) is 28.6 Å². The third-order valence-corrected chi connectivity index (χ3v) is 3.78. The lowest BCUT2D eigenvalue weighted by molar-refractivity contribution is 0.0696. The van der Waals surface area contributed by atoms with Gasteiger partial charge in [0.2, 0.25) is 0 Å². The van der Waals surface area contributed by atoms with Crippen LogP contribution >= 0.6 is 0 Å². The summed E-state index contributed by atoms with van der Waals surface area (Å²) >= 11 is 0. The molecule has 2 aliphatic heterocycles. The number of hydrogen-bond acceptors (Lipinski definition) is 2. The van der Waals surface area contributed by atoms with E-state index in [0.29, 0.717) is 5.56 Å². The van der Waals surface area contributed by atoms with Gasteiger partial charge in [0.05, 0.1) is 5.56 Å². The van der Waals surface area contributed by atoms with Crippen LogP contribution < -0.4 is 0 Å². The van der Waals surface area contributed by atoms with Crippen molar-refractivity contribution in [1.29, 1.82) is 0 Å². The molecule has 84 valence electrons. The molecule has 2 heterocycles. The first-order chi connectivity index (χ1) is 7.72. The number of benzene rings is 1. The van der Waals surface area contributed by atoms with Crippen LogP contribution in [0.4, 0.5) is 0 Å². The molecule has 3 nitrogen and oxygen atoms in total. The Morgan fingerprint density at radius 2 is 2.25 bits per heavy atom. The van der Waals surface area contributed by atoms with Crippen molar-refractivity contribution >= 4 is 5.97 Å². The maximum atomic E-state index is 10.8. The van der Waals surface area contributed by atoms with Crippen molar-refractivity contribution in [1.82, 2.24) is 4.90 Å². The first kappa shape index (κ1) is 9.85. The second-order valence-corrected chi connectivity index (χ2v) is 4.93. The summed E-state index contributed by atoms with van der Waals surface area (Å²) in [6.07, 6.45) is 2.69. The molecule has 0 atom stereocenters. The zero-order valence-electron chi connectivity index (χ0n) is 9.10. The van der Waals surface area contributed by atoms with E-state index in [9.17, 15) is 4.79 Å². The molecule has 3 heteroatoms. The quantitative estimate of drug-likeness (QED) is 0.841. The molecule has 4 rings (SSSR count). The number of nitrogens with zero attached hydrogens (tertiary/aromatic N) is 1. The average Bonchev–Trinajstić information content (AvgIpc) is 2.75. The summed E-state index contributed by atoms with van der Waals surface area (Å²) in [6.45, 7) is 2.10. The van der Waals surface area contributed by atoms with Gasteiger partial charge in [-0.1, -0.05) is 12.1 Å². The minimum atomic E-state index is -0.840. The third kappa shape index (κ3) is 1.61. The fourth-order valence-electron chi connectivity index (χ4n) is 2.86. The SMILES string of the molecule is O=C(O)c1cccc(CN2CC3CC2C3)c1. The van der Waals surface area contributed by atoms with Crippen LogP contribution in [0.25, 0.3) is 0 Å². The first-order valence-electron chi connectivity index (χ1n) is 5.78. The standard InChI is InChI=1S/C13H15NO2/c15-13(16)11-3-1-2-9(4-11)7-14-8-10-5-12(14)6-10/h1-4,10,12H,5-8H2,(H,15,16). The van der Waals surface area contributed by atoms with Crippen molar-refractivity contribution in [2.24, 2.45) is 5.92 Å². The van der Waals surface area contributed by atoms with E-state index >= 15 is 0 Å². The van der Waals surface area contributed by atoms with Crippen LogP contribution in [0.2, 0.25) is 0 Å². The van der Waals surface area contributed by atoms with Gasteiger partial charge in [-0.25, -0.2) is 4.79 Å². The van der Waals surface area contributed by atoms with Crippen LogP contribution in [-0.2, 0) is 6.54 Å². The first-order valence-corrected chi connectivity index (χ1v) is 5.78. The Morgan fingerprint density at radius 1 is 1.44 bits per heavy atom. The summed E-state index contributed by atoms with van der Waals surface area (Å²) in [4.78, 5) is 13.3. The van der Waals surface area contributed by atoms with Crippen molar-refractivity contribution in [3.05, 3.63) is 35.4 Å². The molecule has 0 spiro atoms. The predicted molar refractivity (Wildman–Crippen MR) is 60.3 cm³/mol. The molecule has 1 aromatic carbocycles. The summed E-state index contributed by atoms with van der Waals surface area (Å²) in [7, 11) is 0. The fourth-order valence-corrected chi connectivity index (χ4v) is 2.86. The highest BCUT2D eigenvalue weighted by atomic mass is 16.4. The number of carbonyl (C=O) groups is 1. The van der Waals surface area contributed by atoms with Gasteiger partial charge in [0.15, 0.2) is 0 Å². The molecule has 1 N–H and O–H groups in total. The van der Waals surface area contributed by atoms with E-state index in [-0.39, 0.29) is 0 Å². The zero-order valence-corrected chi connectivity index (χ0v) is 9.10. The Kier molecular flexibility index (Phi) is 2.21. The molecule has 0 radical (unpaired) electrons. The summed E-state index contributed by atoms with van der Waals surface area (Å²) in [5.74, 6) is 0.0697. The van der Waals surface area contributed by atoms with E-state index in [1.54, 1.807) is 12.1 Å². The molecular formula is C13H15NO2. The van der Waals surface area contributed by atoms with Gasteiger partial charge in [-0.05, 0) is 36.5 Å². The molecule has 0 unspecified atom stereocenters. The van der Waals surface area contributed by atoms with E-state index < -0.39 is 5.97 Å². The number of carboxylic acid groups (broad SMARTS) is 1. The maximum absolute atomic E-state index is 10.8. The summed E-state index contributed by atoms with van der Waals surface area (Å²) in [5.41, 5.74) is 1.51. The van der Waals surface area contributed by atoms with Gasteiger partial charge in [-0.2, -0.15) is 0 Å². The van der Waals surface area contributed by atoms with E-state index in [0.717, 1.165) is 24.1 Å². The van der Waals surface area contributed by atoms with E-state index in [1.165, 1.54) is 19.4 Å². The lowest BCUT2D eigenvalue weighted by Crippen LogP contribution is -2.28. The second kappa shape index (κ2) is 3.59. The zero-order chi connectivity index (χ0) is 11.1. The Balaban J connectivity index is 1.74. The minimum Gasteiger partial charge on any atom is -0.478 e. The predicted octanol–water partition coefficient (Wildman–Crippen LogP) is 1.98. The van der Waals surface area contributed by atoms with Gasteiger partial charge in [-0.15, -0.1) is 0 Å². The van der Waals surface area contributed by atoms with Crippen molar-refractivity contribution in [3.8, 4) is 0 Å². The fraction of sp³-hybridized carbons (Fsp3) is 0.462. The normalized spacial score (nSPS) is 27.8. The molecule has 1 aromatic rings. The smallest absolute Gasteiger partial charge is 0.335 e. The van der Waals surface area contributed by atoms with Crippen molar-refractivity contribution < 1.29 is 9.90 Å². The molecule has 16 heavy (non-hydrogen) atoms. The van der Waals surface area contributed by atoms with Gasteiger partial charge in [-0.3, -0.25) is 4.90 Å². The molecular weight excluding hydrogens is 202 g/mol. The molecule has 2 saturated heterocycles. The van der Waals surface area contributed by atoms with Crippen LogP contribution in [0.15, 0.2) is 24.3 Å². The van der Waals surface area contributed by atoms with E-state index in [1.807, 2.05) is 12.1 Å². The van der Waals surface area contributed by atoms with Crippen molar-refractivity contribution in [2.75, 3.05) is 6.54 Å². The summed E-state index contributed by atoms with van der Waals surface area (Å²) in [5, 5.41) is 8.92. The number of carboxylic acids is 1. The lowest BCUT2D eigenvalue weighted by Gasteiger charge is -2.26. The number of aromatic carboxylic acids is 1. The van der Waals surface area contributed by atoms with Gasteiger partial charge in [0.1, 0.15) is 0 Å². The summed E-state index contributed by atoms with van der Waals surface area (Å²) in [6, 6.07) is 8.05. The lowest BCUT2D eigenvalue weighted by atomic mass is 9.86. The Bertz CT molecular complexity index is 424. The van der Waals surface area contributed by atoms with E-state index in [4.69, 9.17) is 5.11 Å². The van der Waals surface area contributed by atoms with Crippen LogP contribution in [0.3, 0.4) is 0 Å². The molecule has 0 aromatic heterocycles. The third-order valence-electron chi connectivity index (χ3n) is 3.78. The molecule has 0 amide bonds. The molecule has 2 bridgehead atoms. The Morgan fingerprint density at radius 3 is 2.88 bits per heavy atom. The largest absolute Gasteiger partial charge is 0.478 e. The van der Waals surface area contributed by atoms with Gasteiger partial charge >= 0.3 is 5.97 Å².